The first kappa shape index (κ1) is 17.7. The first-order valence-corrected chi connectivity index (χ1v) is 3.48. The molecule has 0 fully saturated rings. The maximum atomic E-state index is 7.01. The van der Waals surface area contributed by atoms with Crippen molar-refractivity contribution in [3.05, 3.63) is 0 Å². The van der Waals surface area contributed by atoms with Crippen LogP contribution < -0.4 is 17.2 Å². The zero-order valence-electron chi connectivity index (χ0n) is 8.27. The summed E-state index contributed by atoms with van der Waals surface area (Å²) in [5.41, 5.74) is 5.11. The van der Waals surface area contributed by atoms with Gasteiger partial charge < -0.3 is 17.2 Å². The van der Waals surface area contributed by atoms with Gasteiger partial charge in [0.15, 0.2) is 5.96 Å². The molecule has 0 unspecified atom stereocenters. The molecule has 0 heterocycles. The Hall–Kier alpha value is -0.290. The molecule has 0 aliphatic rings. The summed E-state index contributed by atoms with van der Waals surface area (Å²) in [6.45, 7) is 8.24. The van der Waals surface area contributed by atoms with Gasteiger partial charge in [-0.1, -0.05) is 13.8 Å². The van der Waals surface area contributed by atoms with Crippen LogP contribution in [0.2, 0.25) is 0 Å². The topological polar surface area (TPSA) is 96.9 Å². The fourth-order valence-corrected chi connectivity index (χ4v) is 0.491. The molecule has 0 radical (unpaired) electrons. The van der Waals surface area contributed by atoms with E-state index in [1.54, 1.807) is 0 Å². The van der Waals surface area contributed by atoms with E-state index in [0.29, 0.717) is 5.92 Å². The van der Waals surface area contributed by atoms with Crippen molar-refractivity contribution in [1.29, 1.82) is 5.41 Å². The van der Waals surface area contributed by atoms with Crippen molar-refractivity contribution in [2.75, 3.05) is 0 Å². The van der Waals surface area contributed by atoms with E-state index < -0.39 is 0 Å². The average Bonchev–Trinajstić information content (AvgIpc) is 1.60. The maximum Gasteiger partial charge on any atom is 0.186 e. The minimum absolute atomic E-state index is 0. The summed E-state index contributed by atoms with van der Waals surface area (Å²) in [7, 11) is 0. The van der Waals surface area contributed by atoms with Crippen LogP contribution >= 0.6 is 17.0 Å². The first-order valence-electron chi connectivity index (χ1n) is 3.48. The molecule has 0 spiro atoms. The average molecular weight is 241 g/mol. The monoisotopic (exact) mass is 240 g/mol. The summed E-state index contributed by atoms with van der Waals surface area (Å²) in [5, 5.41) is 9.89. The summed E-state index contributed by atoms with van der Waals surface area (Å²) in [5.74, 6) is 0.509. The van der Waals surface area contributed by atoms with Gasteiger partial charge in [0.05, 0.1) is 0 Å². The van der Waals surface area contributed by atoms with Gasteiger partial charge in [0.1, 0.15) is 0 Å². The van der Waals surface area contributed by atoms with Gasteiger partial charge in [0.2, 0.25) is 0 Å². The number of rotatable bonds is 2. The summed E-state index contributed by atoms with van der Waals surface area (Å²) < 4.78 is 0. The molecule has 4 nitrogen and oxygen atoms in total. The zero-order valence-corrected chi connectivity index (χ0v) is 9.98. The number of halogens is 1. The molecule has 0 aromatic heterocycles. The lowest BCUT2D eigenvalue weighted by atomic mass is 9.91. The molecule has 0 aliphatic heterocycles. The molecule has 7 N–H and O–H groups in total. The Morgan fingerprint density at radius 2 is 1.75 bits per heavy atom. The van der Waals surface area contributed by atoms with Crippen LogP contribution in [0.5, 0.6) is 0 Å². The van der Waals surface area contributed by atoms with Gasteiger partial charge in [-0.2, -0.15) is 0 Å². The number of hydrogen-bond acceptors (Lipinski definition) is 2. The van der Waals surface area contributed by atoms with Crippen molar-refractivity contribution in [3.63, 3.8) is 0 Å². The summed E-state index contributed by atoms with van der Waals surface area (Å²) in [6, 6.07) is 0. The van der Waals surface area contributed by atoms with Crippen molar-refractivity contribution >= 4 is 22.9 Å². The van der Waals surface area contributed by atoms with Crippen molar-refractivity contribution in [2.24, 2.45) is 11.7 Å². The maximum absolute atomic E-state index is 7.01. The third kappa shape index (κ3) is 6.42. The van der Waals surface area contributed by atoms with E-state index >= 15 is 0 Å². The summed E-state index contributed by atoms with van der Waals surface area (Å²) >= 11 is 0. The molecule has 0 bridgehead atoms. The Kier molecular flexibility index (Phi) is 9.22. The molecule has 5 heteroatoms. The molecule has 0 atom stereocenters. The highest BCUT2D eigenvalue weighted by Crippen LogP contribution is 2.13. The lowest BCUT2D eigenvalue weighted by molar-refractivity contribution is 0.332. The molecule has 0 aromatic carbocycles. The van der Waals surface area contributed by atoms with Crippen LogP contribution in [0.4, 0.5) is 0 Å². The first-order chi connectivity index (χ1) is 4.36. The van der Waals surface area contributed by atoms with E-state index in [1.807, 2.05) is 13.8 Å². The smallest absolute Gasteiger partial charge is 0.186 e. The highest BCUT2D eigenvalue weighted by molar-refractivity contribution is 8.93. The lowest BCUT2D eigenvalue weighted by Gasteiger charge is -2.30. The molecule has 0 saturated heterocycles. The van der Waals surface area contributed by atoms with Gasteiger partial charge >= 0.3 is 0 Å². The highest BCUT2D eigenvalue weighted by atomic mass is 79.9. The second kappa shape index (κ2) is 6.25. The minimum atomic E-state index is -0.0775. The molecule has 0 rings (SSSR count). The molecule has 0 amide bonds. The molecule has 0 aliphatic carbocycles. The fourth-order valence-electron chi connectivity index (χ4n) is 0.491. The van der Waals surface area contributed by atoms with Crippen LogP contribution in [-0.2, 0) is 0 Å². The summed E-state index contributed by atoms with van der Waals surface area (Å²) in [4.78, 5) is 0. The predicted molar refractivity (Wildman–Crippen MR) is 59.3 cm³/mol. The fraction of sp³-hybridized carbons (Fsp3) is 0.857. The third-order valence-corrected chi connectivity index (χ3v) is 1.90. The van der Waals surface area contributed by atoms with Crippen LogP contribution in [-0.4, -0.2) is 11.5 Å². The zero-order chi connectivity index (χ0) is 8.36. The Balaban J connectivity index is -0.000000405. The van der Waals surface area contributed by atoms with Crippen LogP contribution in [0, 0.1) is 11.3 Å². The minimum Gasteiger partial charge on any atom is -0.370 e. The normalized spacial score (nSPS) is 9.75. The van der Waals surface area contributed by atoms with Crippen molar-refractivity contribution in [3.8, 4) is 0 Å². The van der Waals surface area contributed by atoms with Gasteiger partial charge in [0.25, 0.3) is 0 Å². The van der Waals surface area contributed by atoms with Crippen molar-refractivity contribution in [1.82, 2.24) is 11.5 Å². The van der Waals surface area contributed by atoms with Crippen LogP contribution in [0.3, 0.4) is 0 Å². The number of nitrogens with one attached hydrogen (secondary N) is 2. The van der Waals surface area contributed by atoms with Crippen molar-refractivity contribution in [2.45, 2.75) is 33.2 Å². The second-order valence-corrected chi connectivity index (χ2v) is 3.42. The Morgan fingerprint density at radius 1 is 1.42 bits per heavy atom. The largest absolute Gasteiger partial charge is 0.370 e. The highest BCUT2D eigenvalue weighted by Gasteiger charge is 2.21. The van der Waals surface area contributed by atoms with Gasteiger partial charge in [-0.15, -0.1) is 17.0 Å². The summed E-state index contributed by atoms with van der Waals surface area (Å²) in [6.07, 6.45) is 0. The molecular weight excluding hydrogens is 220 g/mol. The number of hydrogen-bond donors (Lipinski definition) is 4. The standard InChI is InChI=1S/C7H17N3.BrH.H3N/c1-5(2)7(3,4)10-6(8)9;;/h5H,1-4H3,(H4,8,9,10);1H;1H3. The van der Waals surface area contributed by atoms with E-state index in [9.17, 15) is 0 Å². The molecule has 0 saturated carbocycles. The Bertz CT molecular complexity index is 133. The molecule has 0 aromatic rings. The predicted octanol–water partition coefficient (Wildman–Crippen LogP) is 1.64. The third-order valence-electron chi connectivity index (χ3n) is 1.90. The van der Waals surface area contributed by atoms with Crippen LogP contribution in [0.15, 0.2) is 0 Å². The SMILES string of the molecule is Br.CC(C)C(C)(C)NC(=N)N.N. The Morgan fingerprint density at radius 3 is 1.83 bits per heavy atom. The van der Waals surface area contributed by atoms with Gasteiger partial charge in [-0.3, -0.25) is 5.41 Å². The molecular formula is C7H21BrN4. The van der Waals surface area contributed by atoms with E-state index in [2.05, 4.69) is 19.2 Å². The van der Waals surface area contributed by atoms with E-state index in [0.717, 1.165) is 0 Å². The van der Waals surface area contributed by atoms with Gasteiger partial charge in [0, 0.05) is 5.54 Å². The van der Waals surface area contributed by atoms with E-state index in [4.69, 9.17) is 11.1 Å². The van der Waals surface area contributed by atoms with Crippen molar-refractivity contribution < 1.29 is 0 Å². The van der Waals surface area contributed by atoms with Gasteiger partial charge in [-0.25, -0.2) is 0 Å². The Labute approximate surface area is 85.2 Å². The molecule has 76 valence electrons. The van der Waals surface area contributed by atoms with E-state index in [1.165, 1.54) is 0 Å². The number of nitrogens with two attached hydrogens (primary N) is 1. The number of guanidine groups is 1. The van der Waals surface area contributed by atoms with Crippen LogP contribution in [0.1, 0.15) is 27.7 Å². The second-order valence-electron chi connectivity index (χ2n) is 3.42. The molecule has 12 heavy (non-hydrogen) atoms. The quantitative estimate of drug-likeness (QED) is 0.437. The van der Waals surface area contributed by atoms with Crippen LogP contribution in [0.25, 0.3) is 0 Å². The van der Waals surface area contributed by atoms with Gasteiger partial charge in [-0.05, 0) is 19.8 Å². The lowest BCUT2D eigenvalue weighted by Crippen LogP contribution is -2.49. The van der Waals surface area contributed by atoms with E-state index in [-0.39, 0.29) is 34.6 Å².